The number of methoxy groups -OCH3 is 2. The fourth-order valence-corrected chi connectivity index (χ4v) is 13.6. The van der Waals surface area contributed by atoms with Gasteiger partial charge in [-0.1, -0.05) is 111 Å². The SMILES string of the molecule is CC[C@H](C)[C@@H]([C@@H](CC(=O)N1CCC[C@H]1[C@H](OC)[C@@H](C)C(=O)CC[C@H](C)[C@@H](OC(=O)c1ccc(/C(C)=N\NC(=O)c2ccc(NC(=O)CCCCCN3C(=O)C=CC3=O)cc2S(=O)(=O)O)cc1)c1ccccc1)OC)N(C)C(=O)[C@@H](CCC(=O)[C@H](C(C)C)N(C)C)C(C)C. The topological polar surface area (TPSA) is 285 Å². The number of imide groups is 1. The highest BCUT2D eigenvalue weighted by Gasteiger charge is 2.43. The predicted octanol–water partition coefficient (Wildman–Crippen LogP) is 9.52. The molecule has 0 aliphatic carbocycles. The van der Waals surface area contributed by atoms with Crippen molar-refractivity contribution in [2.75, 3.05) is 53.8 Å². The molecule has 93 heavy (non-hydrogen) atoms. The molecule has 0 radical (unpaired) electrons. The summed E-state index contributed by atoms with van der Waals surface area (Å²) >= 11 is 0. The molecule has 0 unspecified atom stereocenters. The zero-order chi connectivity index (χ0) is 69.0. The Kier molecular flexibility index (Phi) is 29.4. The van der Waals surface area contributed by atoms with Gasteiger partial charge in [0.25, 0.3) is 27.8 Å². The molecule has 22 nitrogen and oxygen atoms in total. The van der Waals surface area contributed by atoms with Crippen molar-refractivity contribution in [1.29, 1.82) is 0 Å². The average Bonchev–Trinajstić information content (AvgIpc) is 1.62. The smallest absolute Gasteiger partial charge is 0.338 e. The number of ketones is 2. The molecular formula is C70H99N7O15S. The first-order chi connectivity index (χ1) is 43.9. The number of anilines is 1. The normalized spacial score (nSPS) is 17.4. The van der Waals surface area contributed by atoms with Gasteiger partial charge in [-0.05, 0) is 125 Å². The van der Waals surface area contributed by atoms with Crippen LogP contribution in [0.5, 0.6) is 0 Å². The van der Waals surface area contributed by atoms with E-state index in [0.29, 0.717) is 57.1 Å². The highest BCUT2D eigenvalue weighted by Crippen LogP contribution is 2.35. The molecule has 0 spiro atoms. The van der Waals surface area contributed by atoms with Crippen molar-refractivity contribution in [3.63, 3.8) is 0 Å². The fourth-order valence-electron chi connectivity index (χ4n) is 12.8. The fraction of sp³-hybridized carbons (Fsp3) is 0.571. The number of amides is 6. The number of ether oxygens (including phenoxy) is 3. The van der Waals surface area contributed by atoms with Crippen LogP contribution in [-0.2, 0) is 57.9 Å². The summed E-state index contributed by atoms with van der Waals surface area (Å²) in [6.07, 6.45) is 5.08. The number of nitrogens with zero attached hydrogens (tertiary/aromatic N) is 5. The molecule has 510 valence electrons. The van der Waals surface area contributed by atoms with Crippen LogP contribution in [0.1, 0.15) is 177 Å². The van der Waals surface area contributed by atoms with E-state index in [1.165, 1.54) is 30.4 Å². The number of likely N-dealkylation sites (N-methyl/N-ethyl adjacent to an activating group) is 2. The van der Waals surface area contributed by atoms with Crippen LogP contribution < -0.4 is 10.7 Å². The number of hydrazone groups is 1. The van der Waals surface area contributed by atoms with Crippen molar-refractivity contribution in [3.8, 4) is 0 Å². The summed E-state index contributed by atoms with van der Waals surface area (Å²) < 4.78 is 53.4. The standard InChI is InChI=1S/C70H99N7O15S/c1-15-45(6)65(75(12)69(85)53(43(2)3)34-36-57(79)64(44(4)5)74(10)11)58(90-13)42-63(83)76-40-22-25-55(76)67(91-14)47(8)56(78)35-27-46(7)66(50-23-18-16-19-24-50)92-70(86)51-30-28-49(29-31-51)48(9)72-73-68(84)54-33-32-52(41-59(54)93(87,88)89)71-60(80)26-20-17-21-39-77-61(81)37-38-62(77)82/h16,18-19,23-24,28-33,37-38,41,43-47,53,55,58,64-67H,15,17,20-22,25-27,34-36,39-40,42H2,1-14H3,(H,71,80)(H,73,84)(H,87,88,89)/b72-48-/t45-,46-,47-,53-,55-,58+,64-,65-,66+,67+/m0/s1. The maximum Gasteiger partial charge on any atom is 0.338 e. The van der Waals surface area contributed by atoms with Crippen molar-refractivity contribution in [1.82, 2.24) is 25.0 Å². The maximum atomic E-state index is 14.6. The molecule has 3 N–H and O–H groups in total. The molecule has 2 heterocycles. The van der Waals surface area contributed by atoms with Gasteiger partial charge in [0.2, 0.25) is 17.7 Å². The number of carbonyl (C=O) groups is 9. The van der Waals surface area contributed by atoms with Crippen LogP contribution >= 0.6 is 0 Å². The first kappa shape index (κ1) is 76.4. The molecule has 5 rings (SSSR count). The molecule has 10 atom stereocenters. The van der Waals surface area contributed by atoms with E-state index in [1.54, 1.807) is 45.2 Å². The van der Waals surface area contributed by atoms with E-state index in [-0.39, 0.29) is 114 Å². The summed E-state index contributed by atoms with van der Waals surface area (Å²) in [6, 6.07) is 17.7. The summed E-state index contributed by atoms with van der Waals surface area (Å²) in [7, 11) is 3.73. The Morgan fingerprint density at radius 1 is 0.763 bits per heavy atom. The van der Waals surface area contributed by atoms with Gasteiger partial charge in [0, 0.05) is 83.3 Å². The van der Waals surface area contributed by atoms with E-state index in [2.05, 4.69) is 22.8 Å². The number of benzene rings is 3. The van der Waals surface area contributed by atoms with Crippen molar-refractivity contribution in [2.24, 2.45) is 40.6 Å². The number of rotatable bonds is 37. The molecule has 0 bridgehead atoms. The molecular weight excluding hydrogens is 1210 g/mol. The monoisotopic (exact) mass is 1310 g/mol. The third-order valence-corrected chi connectivity index (χ3v) is 19.2. The van der Waals surface area contributed by atoms with Gasteiger partial charge in [-0.15, -0.1) is 0 Å². The summed E-state index contributed by atoms with van der Waals surface area (Å²) in [6.45, 7) is 18.2. The van der Waals surface area contributed by atoms with Crippen LogP contribution in [0, 0.1) is 35.5 Å². The Morgan fingerprint density at radius 2 is 1.40 bits per heavy atom. The highest BCUT2D eigenvalue weighted by atomic mass is 32.2. The second kappa shape index (κ2) is 35.8. The summed E-state index contributed by atoms with van der Waals surface area (Å²) in [4.78, 5) is 126. The zero-order valence-corrected chi connectivity index (χ0v) is 57.5. The van der Waals surface area contributed by atoms with E-state index in [9.17, 15) is 56.1 Å². The Morgan fingerprint density at radius 3 is 1.98 bits per heavy atom. The van der Waals surface area contributed by atoms with E-state index in [0.717, 1.165) is 29.0 Å². The number of hydrogen-bond acceptors (Lipinski definition) is 16. The van der Waals surface area contributed by atoms with E-state index < -0.39 is 80.6 Å². The second-order valence-electron chi connectivity index (χ2n) is 25.7. The average molecular weight is 1310 g/mol. The number of hydrogen-bond donors (Lipinski definition) is 3. The van der Waals surface area contributed by atoms with Crippen molar-refractivity contribution >= 4 is 74.5 Å². The Balaban J connectivity index is 1.19. The number of nitrogens with one attached hydrogen (secondary N) is 2. The molecule has 23 heteroatoms. The summed E-state index contributed by atoms with van der Waals surface area (Å²) in [5.74, 6) is -4.36. The van der Waals surface area contributed by atoms with Gasteiger partial charge in [0.1, 0.15) is 22.6 Å². The molecule has 1 saturated heterocycles. The number of Topliss-reactive ketones (excluding diaryl/α,β-unsaturated/α-hetero) is 2. The lowest BCUT2D eigenvalue weighted by Gasteiger charge is -2.41. The first-order valence-corrected chi connectivity index (χ1v) is 33.9. The molecule has 0 saturated carbocycles. The largest absolute Gasteiger partial charge is 0.454 e. The van der Waals surface area contributed by atoms with Gasteiger partial charge in [-0.25, -0.2) is 10.2 Å². The number of esters is 1. The maximum absolute atomic E-state index is 14.6. The Hall–Kier alpha value is -7.31. The molecule has 3 aromatic rings. The van der Waals surface area contributed by atoms with Gasteiger partial charge in [-0.2, -0.15) is 13.5 Å². The minimum absolute atomic E-state index is 0.00584. The van der Waals surface area contributed by atoms with Crippen LogP contribution in [0.2, 0.25) is 0 Å². The van der Waals surface area contributed by atoms with Crippen molar-refractivity contribution in [3.05, 3.63) is 107 Å². The third kappa shape index (κ3) is 21.1. The minimum Gasteiger partial charge on any atom is -0.454 e. The lowest BCUT2D eigenvalue weighted by molar-refractivity contribution is -0.148. The number of carbonyl (C=O) groups excluding carboxylic acids is 9. The van der Waals surface area contributed by atoms with Crippen LogP contribution in [-0.4, -0.2) is 170 Å². The molecule has 1 fully saturated rings. The van der Waals surface area contributed by atoms with Gasteiger partial charge < -0.3 is 29.3 Å². The molecule has 2 aliphatic heterocycles. The van der Waals surface area contributed by atoms with E-state index in [4.69, 9.17) is 14.2 Å². The van der Waals surface area contributed by atoms with Crippen LogP contribution in [0.25, 0.3) is 0 Å². The van der Waals surface area contributed by atoms with E-state index >= 15 is 0 Å². The Bertz CT molecular complexity index is 3230. The van der Waals surface area contributed by atoms with Crippen molar-refractivity contribution in [2.45, 2.75) is 181 Å². The van der Waals surface area contributed by atoms with Gasteiger partial charge in [0.15, 0.2) is 0 Å². The molecule has 2 aliphatic rings. The summed E-state index contributed by atoms with van der Waals surface area (Å²) in [5, 5.41) is 6.68. The van der Waals surface area contributed by atoms with Crippen LogP contribution in [0.3, 0.4) is 0 Å². The first-order valence-electron chi connectivity index (χ1n) is 32.4. The lowest BCUT2D eigenvalue weighted by atomic mass is 9.84. The quantitative estimate of drug-likeness (QED) is 0.0121. The van der Waals surface area contributed by atoms with Gasteiger partial charge in [-0.3, -0.25) is 52.7 Å². The number of unbranched alkanes of at least 4 members (excludes halogenated alkanes) is 2. The third-order valence-electron chi connectivity index (χ3n) is 18.3. The lowest BCUT2D eigenvalue weighted by Crippen LogP contribution is -2.54. The van der Waals surface area contributed by atoms with Gasteiger partial charge >= 0.3 is 5.97 Å². The van der Waals surface area contributed by atoms with Crippen LogP contribution in [0.4, 0.5) is 5.69 Å². The van der Waals surface area contributed by atoms with Crippen LogP contribution in [0.15, 0.2) is 94.9 Å². The molecule has 6 amide bonds. The minimum atomic E-state index is -4.97. The second-order valence-corrected chi connectivity index (χ2v) is 27.1. The predicted molar refractivity (Wildman–Crippen MR) is 354 cm³/mol. The zero-order valence-electron chi connectivity index (χ0n) is 56.7. The molecule has 0 aromatic heterocycles. The van der Waals surface area contributed by atoms with Gasteiger partial charge in [0.05, 0.1) is 53.6 Å². The number of likely N-dealkylation sites (tertiary alicyclic amines) is 1. The highest BCUT2D eigenvalue weighted by molar-refractivity contribution is 7.86. The Labute approximate surface area is 549 Å². The van der Waals surface area contributed by atoms with Crippen molar-refractivity contribution < 1.29 is 70.3 Å². The molecule has 3 aromatic carbocycles. The summed E-state index contributed by atoms with van der Waals surface area (Å²) in [5.41, 5.74) is 3.54. The van der Waals surface area contributed by atoms with E-state index in [1.807, 2.05) is 103 Å².